The number of carbonyl (C=O) groups excluding carboxylic acids is 3. The third kappa shape index (κ3) is 8.17. The van der Waals surface area contributed by atoms with Crippen LogP contribution in [0, 0.1) is 12.8 Å². The molecule has 2 aliphatic rings. The van der Waals surface area contributed by atoms with E-state index >= 15 is 0 Å². The van der Waals surface area contributed by atoms with E-state index in [1.807, 2.05) is 6.92 Å². The van der Waals surface area contributed by atoms with Crippen LogP contribution in [0.5, 0.6) is 5.75 Å². The van der Waals surface area contributed by atoms with Crippen molar-refractivity contribution in [2.45, 2.75) is 82.4 Å². The molecule has 2 N–H and O–H groups in total. The topological polar surface area (TPSA) is 131 Å². The third-order valence-electron chi connectivity index (χ3n) is 7.40. The molecule has 0 radical (unpaired) electrons. The van der Waals surface area contributed by atoms with Gasteiger partial charge in [0.05, 0.1) is 10.8 Å². The average molecular weight is 600 g/mol. The number of ether oxygens (including phenoxy) is 2. The summed E-state index contributed by atoms with van der Waals surface area (Å²) in [5.74, 6) is -1.16. The molecular weight excluding hydrogens is 558 g/mol. The molecule has 2 aromatic rings. The van der Waals surface area contributed by atoms with E-state index in [1.54, 1.807) is 57.2 Å². The summed E-state index contributed by atoms with van der Waals surface area (Å²) in [6.45, 7) is 8.87. The first-order valence-electron chi connectivity index (χ1n) is 14.5. The maximum atomic E-state index is 13.5. The van der Waals surface area contributed by atoms with Crippen molar-refractivity contribution < 1.29 is 32.3 Å². The van der Waals surface area contributed by atoms with Crippen molar-refractivity contribution in [2.75, 3.05) is 19.6 Å². The quantitative estimate of drug-likeness (QED) is 0.332. The van der Waals surface area contributed by atoms with E-state index in [0.29, 0.717) is 24.2 Å². The molecule has 228 valence electrons. The summed E-state index contributed by atoms with van der Waals surface area (Å²) in [5.41, 5.74) is 0.849. The van der Waals surface area contributed by atoms with Gasteiger partial charge in [0, 0.05) is 13.0 Å². The van der Waals surface area contributed by atoms with Gasteiger partial charge in [-0.25, -0.2) is 13.2 Å². The molecule has 0 aromatic heterocycles. The number of piperidine rings is 1. The Hall–Kier alpha value is -3.28. The number of aryl methyl sites for hydroxylation is 1. The Bertz CT molecular complexity index is 1360. The normalized spacial score (nSPS) is 19.2. The van der Waals surface area contributed by atoms with Crippen molar-refractivity contribution in [1.82, 2.24) is 14.9 Å². The van der Waals surface area contributed by atoms with Gasteiger partial charge in [-0.15, -0.1) is 0 Å². The van der Waals surface area contributed by atoms with E-state index in [2.05, 4.69) is 10.6 Å². The number of sulfonamides is 1. The minimum atomic E-state index is -3.91. The van der Waals surface area contributed by atoms with Crippen molar-refractivity contribution in [3.8, 4) is 5.75 Å². The second-order valence-corrected chi connectivity index (χ2v) is 13.9. The molecule has 2 aliphatic heterocycles. The Morgan fingerprint density at radius 3 is 2.26 bits per heavy atom. The van der Waals surface area contributed by atoms with Crippen molar-refractivity contribution in [1.29, 1.82) is 0 Å². The average Bonchev–Trinajstić information content (AvgIpc) is 3.45. The molecule has 0 aliphatic carbocycles. The first kappa shape index (κ1) is 31.7. The molecule has 1 amide bonds. The predicted molar refractivity (Wildman–Crippen MR) is 157 cm³/mol. The number of amides is 1. The van der Waals surface area contributed by atoms with E-state index in [4.69, 9.17) is 9.47 Å². The van der Waals surface area contributed by atoms with Crippen molar-refractivity contribution in [2.24, 2.45) is 5.92 Å². The zero-order chi connectivity index (χ0) is 30.5. The zero-order valence-electron chi connectivity index (χ0n) is 24.7. The lowest BCUT2D eigenvalue weighted by atomic mass is 9.98. The summed E-state index contributed by atoms with van der Waals surface area (Å²) < 4.78 is 39.1. The highest BCUT2D eigenvalue weighted by atomic mass is 32.2. The van der Waals surface area contributed by atoms with Gasteiger partial charge in [0.15, 0.2) is 0 Å². The predicted octanol–water partition coefficient (Wildman–Crippen LogP) is 3.12. The van der Waals surface area contributed by atoms with Crippen LogP contribution in [0.25, 0.3) is 0 Å². The minimum absolute atomic E-state index is 0.112. The van der Waals surface area contributed by atoms with Crippen LogP contribution in [0.2, 0.25) is 0 Å². The van der Waals surface area contributed by atoms with Crippen LogP contribution in [0.1, 0.15) is 57.6 Å². The molecule has 2 fully saturated rings. The molecule has 2 atom stereocenters. The Morgan fingerprint density at radius 1 is 1.00 bits per heavy atom. The summed E-state index contributed by atoms with van der Waals surface area (Å²) in [6, 6.07) is 11.3. The van der Waals surface area contributed by atoms with Crippen molar-refractivity contribution >= 4 is 27.9 Å². The fraction of sp³-hybridized carbons (Fsp3) is 0.516. The van der Waals surface area contributed by atoms with Gasteiger partial charge in [-0.3, -0.25) is 9.59 Å². The second kappa shape index (κ2) is 13.4. The van der Waals surface area contributed by atoms with Gasteiger partial charge in [-0.1, -0.05) is 29.8 Å². The minimum Gasteiger partial charge on any atom is -0.458 e. The summed E-state index contributed by atoms with van der Waals surface area (Å²) in [7, 11) is -3.91. The molecule has 42 heavy (non-hydrogen) atoms. The maximum Gasteiger partial charge on any atom is 0.329 e. The molecule has 10 nitrogen and oxygen atoms in total. The van der Waals surface area contributed by atoms with Crippen LogP contribution in [0.15, 0.2) is 53.4 Å². The summed E-state index contributed by atoms with van der Waals surface area (Å²) in [4.78, 5) is 39.3. The van der Waals surface area contributed by atoms with E-state index in [-0.39, 0.29) is 29.7 Å². The number of esters is 2. The number of hydrogen-bond donors (Lipinski definition) is 2. The van der Waals surface area contributed by atoms with E-state index in [1.165, 1.54) is 16.4 Å². The fourth-order valence-electron chi connectivity index (χ4n) is 5.16. The number of nitrogens with zero attached hydrogens (tertiary/aromatic N) is 1. The molecule has 0 bridgehead atoms. The van der Waals surface area contributed by atoms with Crippen molar-refractivity contribution in [3.05, 3.63) is 59.7 Å². The Labute approximate surface area is 248 Å². The third-order valence-corrected chi connectivity index (χ3v) is 9.32. The standard InChI is InChI=1S/C31H41N3O7S/c1-21-7-13-25(14-8-21)42(38,39)34-19-5-6-27(34)28(35)33-26(30(37)41-31(2,3)4)20-22-9-11-24(12-10-22)40-29(36)23-15-17-32-18-16-23/h7-14,23,26-27,32H,5-6,15-20H2,1-4H3,(H,33,35)/t26-,27-/m0/s1. The first-order valence-corrected chi connectivity index (χ1v) is 15.9. The van der Waals surface area contributed by atoms with Gasteiger partial charge < -0.3 is 20.1 Å². The van der Waals surface area contributed by atoms with Crippen molar-refractivity contribution in [3.63, 3.8) is 0 Å². The highest BCUT2D eigenvalue weighted by molar-refractivity contribution is 7.89. The Kier molecular flexibility index (Phi) is 10.1. The first-order chi connectivity index (χ1) is 19.8. The second-order valence-electron chi connectivity index (χ2n) is 12.0. The number of hydrogen-bond acceptors (Lipinski definition) is 8. The molecule has 0 spiro atoms. The van der Waals surface area contributed by atoms with E-state index in [9.17, 15) is 22.8 Å². The Balaban J connectivity index is 1.47. The highest BCUT2D eigenvalue weighted by Gasteiger charge is 2.41. The molecule has 2 saturated heterocycles. The van der Waals surface area contributed by atoms with Gasteiger partial charge in [-0.05, 0) is 96.3 Å². The SMILES string of the molecule is Cc1ccc(S(=O)(=O)N2CCC[C@H]2C(=O)N[C@@H](Cc2ccc(OC(=O)C3CCNCC3)cc2)C(=O)OC(C)(C)C)cc1. The smallest absolute Gasteiger partial charge is 0.329 e. The molecule has 0 unspecified atom stereocenters. The summed E-state index contributed by atoms with van der Waals surface area (Å²) in [6.07, 6.45) is 2.45. The number of benzene rings is 2. The van der Waals surface area contributed by atoms with Gasteiger partial charge in [0.1, 0.15) is 23.4 Å². The monoisotopic (exact) mass is 599 g/mol. The number of rotatable bonds is 9. The molecule has 11 heteroatoms. The highest BCUT2D eigenvalue weighted by Crippen LogP contribution is 2.27. The van der Waals surface area contributed by atoms with Crippen LogP contribution in [0.3, 0.4) is 0 Å². The van der Waals surface area contributed by atoms with E-state index < -0.39 is 39.6 Å². The van der Waals surface area contributed by atoms with Crippen LogP contribution in [-0.2, 0) is 35.6 Å². The number of nitrogens with one attached hydrogen (secondary N) is 2. The lowest BCUT2D eigenvalue weighted by molar-refractivity contribution is -0.158. The van der Waals surface area contributed by atoms with Crippen LogP contribution in [0.4, 0.5) is 0 Å². The molecular formula is C31H41N3O7S. The molecule has 2 aromatic carbocycles. The van der Waals surface area contributed by atoms with Gasteiger partial charge >= 0.3 is 11.9 Å². The van der Waals surface area contributed by atoms with Gasteiger partial charge in [-0.2, -0.15) is 4.31 Å². The lowest BCUT2D eigenvalue weighted by Crippen LogP contribution is -2.52. The van der Waals surface area contributed by atoms with Crippen LogP contribution in [-0.4, -0.2) is 67.9 Å². The van der Waals surface area contributed by atoms with E-state index in [0.717, 1.165) is 31.5 Å². The van der Waals surface area contributed by atoms with Crippen LogP contribution >= 0.6 is 0 Å². The van der Waals surface area contributed by atoms with Crippen LogP contribution < -0.4 is 15.4 Å². The Morgan fingerprint density at radius 2 is 1.64 bits per heavy atom. The maximum absolute atomic E-state index is 13.5. The summed E-state index contributed by atoms with van der Waals surface area (Å²) in [5, 5.41) is 6.00. The van der Waals surface area contributed by atoms with Gasteiger partial charge in [0.2, 0.25) is 15.9 Å². The molecule has 2 heterocycles. The summed E-state index contributed by atoms with van der Waals surface area (Å²) >= 11 is 0. The fourth-order valence-corrected chi connectivity index (χ4v) is 6.81. The van der Waals surface area contributed by atoms with Gasteiger partial charge in [0.25, 0.3) is 0 Å². The zero-order valence-corrected chi connectivity index (χ0v) is 25.5. The number of carbonyl (C=O) groups is 3. The largest absolute Gasteiger partial charge is 0.458 e. The molecule has 0 saturated carbocycles. The molecule has 4 rings (SSSR count). The lowest BCUT2D eigenvalue weighted by Gasteiger charge is -2.28.